The molecule has 1 fully saturated rings. The fraction of sp³-hybridized carbons (Fsp3) is 0.400. The van der Waals surface area contributed by atoms with E-state index < -0.39 is 5.97 Å². The van der Waals surface area contributed by atoms with Gasteiger partial charge in [-0.05, 0) is 56.4 Å². The Hall–Kier alpha value is -2.76. The number of aryl methyl sites for hydroxylation is 2. The Morgan fingerprint density at radius 2 is 2.04 bits per heavy atom. The monoisotopic (exact) mass is 351 g/mol. The smallest absolute Gasteiger partial charge is 0.335 e. The van der Waals surface area contributed by atoms with Gasteiger partial charge in [0.1, 0.15) is 5.82 Å². The van der Waals surface area contributed by atoms with E-state index in [-0.39, 0.29) is 16.9 Å². The van der Waals surface area contributed by atoms with Crippen LogP contribution in [0, 0.1) is 6.92 Å². The van der Waals surface area contributed by atoms with Crippen molar-refractivity contribution in [3.05, 3.63) is 58.7 Å². The van der Waals surface area contributed by atoms with Crippen molar-refractivity contribution in [1.82, 2.24) is 14.9 Å². The molecule has 1 aromatic carbocycles. The predicted octanol–water partition coefficient (Wildman–Crippen LogP) is 2.60. The fourth-order valence-corrected chi connectivity index (χ4v) is 4.30. The van der Waals surface area contributed by atoms with Gasteiger partial charge in [-0.25, -0.2) is 14.8 Å². The van der Waals surface area contributed by atoms with Crippen molar-refractivity contribution in [1.29, 1.82) is 0 Å². The Morgan fingerprint density at radius 3 is 2.85 bits per heavy atom. The van der Waals surface area contributed by atoms with Crippen molar-refractivity contribution in [3.8, 4) is 0 Å². The highest BCUT2D eigenvalue weighted by atomic mass is 16.4. The van der Waals surface area contributed by atoms with E-state index >= 15 is 0 Å². The number of amides is 1. The molecule has 6 nitrogen and oxygen atoms in total. The summed E-state index contributed by atoms with van der Waals surface area (Å²) < 4.78 is 0. The van der Waals surface area contributed by atoms with Crippen LogP contribution in [0.3, 0.4) is 0 Å². The second kappa shape index (κ2) is 6.20. The second-order valence-electron chi connectivity index (χ2n) is 7.29. The molecule has 2 aromatic rings. The Morgan fingerprint density at radius 1 is 1.23 bits per heavy atom. The van der Waals surface area contributed by atoms with Gasteiger partial charge in [0.15, 0.2) is 0 Å². The SMILES string of the molecule is Cc1ncc2c(n1)C1(CCCN(C(=O)c3cccc(C(=O)O)c3)C1)CC2. The van der Waals surface area contributed by atoms with Gasteiger partial charge in [-0.2, -0.15) is 0 Å². The van der Waals surface area contributed by atoms with Crippen LogP contribution >= 0.6 is 0 Å². The molecule has 1 aliphatic carbocycles. The number of rotatable bonds is 2. The van der Waals surface area contributed by atoms with Crippen molar-refractivity contribution in [2.24, 2.45) is 0 Å². The lowest BCUT2D eigenvalue weighted by atomic mass is 9.77. The minimum absolute atomic E-state index is 0.0959. The third-order valence-corrected chi connectivity index (χ3v) is 5.58. The molecule has 1 aromatic heterocycles. The zero-order valence-corrected chi connectivity index (χ0v) is 14.7. The molecule has 1 unspecified atom stereocenters. The minimum atomic E-state index is -1.02. The molecule has 1 aliphatic heterocycles. The molecule has 6 heteroatoms. The maximum atomic E-state index is 13.0. The van der Waals surface area contributed by atoms with E-state index in [1.54, 1.807) is 12.1 Å². The van der Waals surface area contributed by atoms with Gasteiger partial charge in [0, 0.05) is 30.3 Å². The van der Waals surface area contributed by atoms with Crippen molar-refractivity contribution >= 4 is 11.9 Å². The summed E-state index contributed by atoms with van der Waals surface area (Å²) in [5, 5.41) is 9.16. The number of piperidine rings is 1. The third-order valence-electron chi connectivity index (χ3n) is 5.58. The maximum Gasteiger partial charge on any atom is 0.335 e. The number of likely N-dealkylation sites (tertiary alicyclic amines) is 1. The first-order valence-electron chi connectivity index (χ1n) is 8.94. The molecule has 26 heavy (non-hydrogen) atoms. The largest absolute Gasteiger partial charge is 0.478 e. The fourth-order valence-electron chi connectivity index (χ4n) is 4.30. The number of fused-ring (bicyclic) bond motifs is 2. The zero-order valence-electron chi connectivity index (χ0n) is 14.7. The molecule has 1 saturated heterocycles. The second-order valence-corrected chi connectivity index (χ2v) is 7.29. The Labute approximate surface area is 151 Å². The molecule has 1 N–H and O–H groups in total. The van der Waals surface area contributed by atoms with Crippen LogP contribution in [0.1, 0.15) is 57.1 Å². The van der Waals surface area contributed by atoms with Gasteiger partial charge < -0.3 is 10.0 Å². The lowest BCUT2D eigenvalue weighted by Crippen LogP contribution is -2.48. The molecule has 1 amide bonds. The molecular formula is C20H21N3O3. The van der Waals surface area contributed by atoms with Gasteiger partial charge in [0.05, 0.1) is 11.3 Å². The van der Waals surface area contributed by atoms with Gasteiger partial charge in [-0.1, -0.05) is 6.07 Å². The number of nitrogens with zero attached hydrogens (tertiary/aromatic N) is 3. The van der Waals surface area contributed by atoms with E-state index in [4.69, 9.17) is 10.1 Å². The first-order chi connectivity index (χ1) is 12.5. The number of benzene rings is 1. The van der Waals surface area contributed by atoms with E-state index in [0.29, 0.717) is 18.7 Å². The van der Waals surface area contributed by atoms with E-state index in [0.717, 1.165) is 37.2 Å². The summed E-state index contributed by atoms with van der Waals surface area (Å²) >= 11 is 0. The van der Waals surface area contributed by atoms with Crippen LogP contribution in [0.2, 0.25) is 0 Å². The van der Waals surface area contributed by atoms with Gasteiger partial charge >= 0.3 is 5.97 Å². The summed E-state index contributed by atoms with van der Waals surface area (Å²) in [7, 11) is 0. The van der Waals surface area contributed by atoms with Crippen LogP contribution in [-0.4, -0.2) is 44.9 Å². The third kappa shape index (κ3) is 2.75. The maximum absolute atomic E-state index is 13.0. The number of aromatic carboxylic acids is 1. The average Bonchev–Trinajstić information content (AvgIpc) is 2.98. The highest BCUT2D eigenvalue weighted by Gasteiger charge is 2.44. The van der Waals surface area contributed by atoms with Crippen LogP contribution in [-0.2, 0) is 11.8 Å². The number of hydrogen-bond donors (Lipinski definition) is 1. The van der Waals surface area contributed by atoms with E-state index in [2.05, 4.69) is 4.98 Å². The average molecular weight is 351 g/mol. The van der Waals surface area contributed by atoms with Crippen LogP contribution < -0.4 is 0 Å². The minimum Gasteiger partial charge on any atom is -0.478 e. The van der Waals surface area contributed by atoms with Crippen LogP contribution in [0.5, 0.6) is 0 Å². The summed E-state index contributed by atoms with van der Waals surface area (Å²) in [6.07, 6.45) is 5.80. The van der Waals surface area contributed by atoms with Crippen molar-refractivity contribution in [2.75, 3.05) is 13.1 Å². The first kappa shape index (κ1) is 16.7. The number of carbonyl (C=O) groups excluding carboxylic acids is 1. The number of carbonyl (C=O) groups is 2. The van der Waals surface area contributed by atoms with Gasteiger partial charge in [0.2, 0.25) is 0 Å². The summed E-state index contributed by atoms with van der Waals surface area (Å²) in [6, 6.07) is 6.27. The molecule has 0 bridgehead atoms. The highest BCUT2D eigenvalue weighted by Crippen LogP contribution is 2.44. The number of aromatic nitrogens is 2. The molecule has 0 radical (unpaired) electrons. The number of carboxylic acids is 1. The molecule has 2 aliphatic rings. The predicted molar refractivity (Wildman–Crippen MR) is 95.3 cm³/mol. The Kier molecular flexibility index (Phi) is 3.98. The zero-order chi connectivity index (χ0) is 18.3. The molecule has 134 valence electrons. The van der Waals surface area contributed by atoms with Gasteiger partial charge in [-0.15, -0.1) is 0 Å². The molecule has 4 rings (SSSR count). The number of hydrogen-bond acceptors (Lipinski definition) is 4. The van der Waals surface area contributed by atoms with Crippen molar-refractivity contribution in [2.45, 2.75) is 38.0 Å². The topological polar surface area (TPSA) is 83.4 Å². The molecule has 2 heterocycles. The Balaban J connectivity index is 1.62. The van der Waals surface area contributed by atoms with E-state index in [1.165, 1.54) is 17.7 Å². The van der Waals surface area contributed by atoms with Crippen LogP contribution in [0.4, 0.5) is 0 Å². The summed E-state index contributed by atoms with van der Waals surface area (Å²) in [5.74, 6) is -0.360. The van der Waals surface area contributed by atoms with E-state index in [1.807, 2.05) is 18.0 Å². The lowest BCUT2D eigenvalue weighted by Gasteiger charge is -2.40. The highest BCUT2D eigenvalue weighted by molar-refractivity contribution is 5.97. The summed E-state index contributed by atoms with van der Waals surface area (Å²) in [6.45, 7) is 3.22. The number of carboxylic acid groups (broad SMARTS) is 1. The summed E-state index contributed by atoms with van der Waals surface area (Å²) in [4.78, 5) is 35.1. The van der Waals surface area contributed by atoms with Gasteiger partial charge in [-0.3, -0.25) is 4.79 Å². The van der Waals surface area contributed by atoms with Crippen molar-refractivity contribution in [3.63, 3.8) is 0 Å². The quantitative estimate of drug-likeness (QED) is 0.899. The normalized spacial score (nSPS) is 21.7. The first-order valence-corrected chi connectivity index (χ1v) is 8.94. The molecule has 1 atom stereocenters. The lowest BCUT2D eigenvalue weighted by molar-refractivity contribution is 0.0633. The Bertz CT molecular complexity index is 892. The van der Waals surface area contributed by atoms with Crippen molar-refractivity contribution < 1.29 is 14.7 Å². The van der Waals surface area contributed by atoms with Gasteiger partial charge in [0.25, 0.3) is 5.91 Å². The van der Waals surface area contributed by atoms with Crippen LogP contribution in [0.25, 0.3) is 0 Å². The summed E-state index contributed by atoms with van der Waals surface area (Å²) in [5.41, 5.74) is 2.76. The molecule has 1 spiro atoms. The molecule has 0 saturated carbocycles. The molecular weight excluding hydrogens is 330 g/mol. The van der Waals surface area contributed by atoms with E-state index in [9.17, 15) is 9.59 Å². The standard InChI is InChI=1S/C20H21N3O3/c1-13-21-11-16-6-8-20(17(16)22-13)7-3-9-23(12-20)18(24)14-4-2-5-15(10-14)19(25)26/h2,4-5,10-11H,3,6-9,12H2,1H3,(H,25,26). The van der Waals surface area contributed by atoms with Crippen LogP contribution in [0.15, 0.2) is 30.5 Å².